The van der Waals surface area contributed by atoms with Gasteiger partial charge in [0.1, 0.15) is 11.5 Å². The minimum Gasteiger partial charge on any atom is -0.497 e. The molecule has 2 heterocycles. The first-order valence-electron chi connectivity index (χ1n) is 11.5. The summed E-state index contributed by atoms with van der Waals surface area (Å²) in [5.74, 6) is 2.75. The maximum Gasteiger partial charge on any atom is 0.255 e. The van der Waals surface area contributed by atoms with Crippen LogP contribution in [-0.4, -0.2) is 34.9 Å². The lowest BCUT2D eigenvalue weighted by molar-refractivity contribution is 0.102. The monoisotopic (exact) mass is 528 g/mol. The van der Waals surface area contributed by atoms with Gasteiger partial charge < -0.3 is 14.8 Å². The largest absolute Gasteiger partial charge is 0.497 e. The van der Waals surface area contributed by atoms with Gasteiger partial charge in [-0.15, -0.1) is 21.5 Å². The number of methoxy groups -OCH3 is 2. The molecule has 5 rings (SSSR count). The number of carbonyl (C=O) groups excluding carboxylic acids is 1. The van der Waals surface area contributed by atoms with Crippen molar-refractivity contribution in [2.75, 3.05) is 19.5 Å². The van der Waals surface area contributed by atoms with Crippen LogP contribution < -0.4 is 14.8 Å². The lowest BCUT2D eigenvalue weighted by Crippen LogP contribution is -2.11. The number of hydrogen-bond acceptors (Lipinski definition) is 7. The molecule has 0 aliphatic heterocycles. The fraction of sp³-hybridized carbons (Fsp3) is 0.107. The summed E-state index contributed by atoms with van der Waals surface area (Å²) < 4.78 is 12.8. The Morgan fingerprint density at radius 2 is 1.70 bits per heavy atom. The molecule has 0 spiro atoms. The highest BCUT2D eigenvalue weighted by Gasteiger charge is 2.19. The van der Waals surface area contributed by atoms with Gasteiger partial charge in [0.25, 0.3) is 5.91 Å². The van der Waals surface area contributed by atoms with Crippen molar-refractivity contribution < 1.29 is 14.3 Å². The summed E-state index contributed by atoms with van der Waals surface area (Å²) in [6, 6.07) is 26.7. The van der Waals surface area contributed by atoms with Crippen LogP contribution in [0.4, 0.5) is 5.69 Å². The number of carbonyl (C=O) groups is 1. The van der Waals surface area contributed by atoms with E-state index in [4.69, 9.17) is 9.47 Å². The van der Waals surface area contributed by atoms with Crippen LogP contribution in [0.5, 0.6) is 11.5 Å². The van der Waals surface area contributed by atoms with Crippen molar-refractivity contribution in [3.8, 4) is 27.9 Å². The zero-order valence-corrected chi connectivity index (χ0v) is 21.9. The third-order valence-electron chi connectivity index (χ3n) is 5.63. The highest BCUT2D eigenvalue weighted by molar-refractivity contribution is 7.98. The van der Waals surface area contributed by atoms with Gasteiger partial charge in [0.2, 0.25) is 0 Å². The molecule has 0 aliphatic carbocycles. The van der Waals surface area contributed by atoms with Gasteiger partial charge >= 0.3 is 0 Å². The smallest absolute Gasteiger partial charge is 0.255 e. The Bertz CT molecular complexity index is 1480. The van der Waals surface area contributed by atoms with E-state index in [0.29, 0.717) is 17.0 Å². The molecule has 0 radical (unpaired) electrons. The van der Waals surface area contributed by atoms with Crippen molar-refractivity contribution in [2.45, 2.75) is 10.9 Å². The third-order valence-corrected chi connectivity index (χ3v) is 7.50. The Morgan fingerprint density at radius 1 is 0.919 bits per heavy atom. The molecule has 0 atom stereocenters. The molecule has 0 saturated carbocycles. The molecule has 2 aromatic heterocycles. The van der Waals surface area contributed by atoms with Crippen molar-refractivity contribution in [1.82, 2.24) is 14.8 Å². The maximum atomic E-state index is 12.7. The summed E-state index contributed by atoms with van der Waals surface area (Å²) in [6.45, 7) is 0. The minimum atomic E-state index is -0.166. The highest BCUT2D eigenvalue weighted by atomic mass is 32.2. The Kier molecular flexibility index (Phi) is 7.53. The first-order chi connectivity index (χ1) is 18.2. The minimum absolute atomic E-state index is 0.166. The van der Waals surface area contributed by atoms with E-state index in [1.165, 1.54) is 0 Å². The fourth-order valence-corrected chi connectivity index (χ4v) is 5.34. The van der Waals surface area contributed by atoms with E-state index in [-0.39, 0.29) is 5.91 Å². The number of nitrogens with one attached hydrogen (secondary N) is 1. The average Bonchev–Trinajstić information content (AvgIpc) is 3.63. The summed E-state index contributed by atoms with van der Waals surface area (Å²) in [7, 11) is 3.27. The van der Waals surface area contributed by atoms with Gasteiger partial charge in [0.15, 0.2) is 11.0 Å². The Balaban J connectivity index is 1.32. The van der Waals surface area contributed by atoms with Crippen LogP contribution >= 0.6 is 23.1 Å². The SMILES string of the molecule is COc1ccc(NC(=O)c2ccc(CSc3nnc(-c4cccs4)n3-c3ccccc3OC)cc2)cc1. The molecular formula is C28H24N4O3S2. The van der Waals surface area contributed by atoms with E-state index in [9.17, 15) is 4.79 Å². The molecule has 0 unspecified atom stereocenters. The molecule has 9 heteroatoms. The fourth-order valence-electron chi connectivity index (χ4n) is 3.74. The number of nitrogens with zero attached hydrogens (tertiary/aromatic N) is 3. The van der Waals surface area contributed by atoms with Gasteiger partial charge in [0.05, 0.1) is 24.8 Å². The van der Waals surface area contributed by atoms with Crippen molar-refractivity contribution in [3.05, 3.63) is 101 Å². The number of para-hydroxylation sites is 2. The second-order valence-corrected chi connectivity index (χ2v) is 9.85. The number of anilines is 1. The Labute approximate surface area is 223 Å². The normalized spacial score (nSPS) is 10.8. The molecule has 5 aromatic rings. The van der Waals surface area contributed by atoms with Crippen LogP contribution in [0, 0.1) is 0 Å². The Hall–Kier alpha value is -4.08. The van der Waals surface area contributed by atoms with Crippen LogP contribution in [0.3, 0.4) is 0 Å². The predicted molar refractivity (Wildman–Crippen MR) is 148 cm³/mol. The number of ether oxygens (including phenoxy) is 2. The summed E-state index contributed by atoms with van der Waals surface area (Å²) in [5, 5.41) is 14.7. The number of aromatic nitrogens is 3. The molecule has 0 saturated heterocycles. The van der Waals surface area contributed by atoms with Crippen molar-refractivity contribution >= 4 is 34.7 Å². The lowest BCUT2D eigenvalue weighted by atomic mass is 10.1. The van der Waals surface area contributed by atoms with Gasteiger partial charge in [-0.3, -0.25) is 9.36 Å². The topological polar surface area (TPSA) is 78.3 Å². The first-order valence-corrected chi connectivity index (χ1v) is 13.3. The zero-order valence-electron chi connectivity index (χ0n) is 20.3. The second kappa shape index (κ2) is 11.3. The summed E-state index contributed by atoms with van der Waals surface area (Å²) >= 11 is 3.19. The number of thioether (sulfide) groups is 1. The van der Waals surface area contributed by atoms with Gasteiger partial charge in [-0.1, -0.05) is 42.1 Å². The molecule has 0 bridgehead atoms. The summed E-state index contributed by atoms with van der Waals surface area (Å²) in [6.07, 6.45) is 0. The molecule has 186 valence electrons. The molecular weight excluding hydrogens is 504 g/mol. The predicted octanol–water partition coefficient (Wildman–Crippen LogP) is 6.56. The molecule has 0 aliphatic rings. The standard InChI is InChI=1S/C28H24N4O3S2/c1-34-22-15-13-21(14-16-22)29-27(33)20-11-9-19(10-12-20)18-37-28-31-30-26(25-8-5-17-36-25)32(28)23-6-3-4-7-24(23)35-2/h3-17H,18H2,1-2H3,(H,29,33). The average molecular weight is 529 g/mol. The van der Waals surface area contributed by atoms with Crippen LogP contribution in [-0.2, 0) is 5.75 Å². The maximum absolute atomic E-state index is 12.7. The van der Waals surface area contributed by atoms with E-state index in [1.54, 1.807) is 37.3 Å². The van der Waals surface area contributed by atoms with E-state index >= 15 is 0 Å². The van der Waals surface area contributed by atoms with Crippen LogP contribution in [0.2, 0.25) is 0 Å². The van der Waals surface area contributed by atoms with Crippen molar-refractivity contribution in [2.24, 2.45) is 0 Å². The Morgan fingerprint density at radius 3 is 2.41 bits per heavy atom. The quantitative estimate of drug-likeness (QED) is 0.218. The number of amides is 1. The molecule has 3 aromatic carbocycles. The van der Waals surface area contributed by atoms with E-state index in [2.05, 4.69) is 15.5 Å². The van der Waals surface area contributed by atoms with Crippen molar-refractivity contribution in [1.29, 1.82) is 0 Å². The zero-order chi connectivity index (χ0) is 25.6. The molecule has 1 N–H and O–H groups in total. The lowest BCUT2D eigenvalue weighted by Gasteiger charge is -2.13. The number of hydrogen-bond donors (Lipinski definition) is 1. The first kappa shape index (κ1) is 24.6. The summed E-state index contributed by atoms with van der Waals surface area (Å²) in [4.78, 5) is 13.7. The van der Waals surface area contributed by atoms with Gasteiger partial charge in [0, 0.05) is 17.0 Å². The number of rotatable bonds is 9. The third kappa shape index (κ3) is 5.52. The van der Waals surface area contributed by atoms with Gasteiger partial charge in [-0.05, 0) is 65.5 Å². The highest BCUT2D eigenvalue weighted by Crippen LogP contribution is 2.35. The van der Waals surface area contributed by atoms with Crippen LogP contribution in [0.1, 0.15) is 15.9 Å². The van der Waals surface area contributed by atoms with E-state index in [1.807, 2.05) is 94.9 Å². The number of benzene rings is 3. The van der Waals surface area contributed by atoms with E-state index in [0.717, 1.165) is 38.6 Å². The van der Waals surface area contributed by atoms with E-state index < -0.39 is 0 Å². The van der Waals surface area contributed by atoms with Gasteiger partial charge in [-0.2, -0.15) is 0 Å². The van der Waals surface area contributed by atoms with Crippen molar-refractivity contribution in [3.63, 3.8) is 0 Å². The summed E-state index contributed by atoms with van der Waals surface area (Å²) in [5.41, 5.74) is 3.24. The molecule has 1 amide bonds. The second-order valence-electron chi connectivity index (χ2n) is 7.96. The van der Waals surface area contributed by atoms with Crippen LogP contribution in [0.25, 0.3) is 16.4 Å². The van der Waals surface area contributed by atoms with Crippen LogP contribution in [0.15, 0.2) is 95.5 Å². The molecule has 0 fully saturated rings. The molecule has 7 nitrogen and oxygen atoms in total. The molecule has 37 heavy (non-hydrogen) atoms. The number of thiophene rings is 1. The van der Waals surface area contributed by atoms with Gasteiger partial charge in [-0.25, -0.2) is 0 Å².